The van der Waals surface area contributed by atoms with Crippen LogP contribution in [0, 0.1) is 11.3 Å². The lowest BCUT2D eigenvalue weighted by Crippen LogP contribution is -2.24. The summed E-state index contributed by atoms with van der Waals surface area (Å²) in [6.07, 6.45) is 1.36. The Morgan fingerprint density at radius 1 is 1.27 bits per heavy atom. The number of benzene rings is 2. The zero-order valence-electron chi connectivity index (χ0n) is 14.1. The Morgan fingerprint density at radius 2 is 2.12 bits per heavy atom. The Kier molecular flexibility index (Phi) is 5.25. The van der Waals surface area contributed by atoms with Gasteiger partial charge in [-0.25, -0.2) is 0 Å². The van der Waals surface area contributed by atoms with Crippen LogP contribution in [-0.2, 0) is 11.3 Å². The number of ether oxygens (including phenoxy) is 3. The van der Waals surface area contributed by atoms with Crippen molar-refractivity contribution < 1.29 is 19.0 Å². The van der Waals surface area contributed by atoms with Gasteiger partial charge in [-0.05, 0) is 29.8 Å². The molecule has 0 atom stereocenters. The summed E-state index contributed by atoms with van der Waals surface area (Å²) in [4.78, 5) is 12.2. The fourth-order valence-corrected chi connectivity index (χ4v) is 2.35. The summed E-state index contributed by atoms with van der Waals surface area (Å²) in [5.41, 5.74) is 1.52. The molecule has 7 heteroatoms. The molecule has 3 rings (SSSR count). The molecule has 0 fully saturated rings. The third kappa shape index (κ3) is 4.05. The van der Waals surface area contributed by atoms with E-state index in [1.807, 2.05) is 12.1 Å². The minimum Gasteiger partial charge on any atom is -0.497 e. The predicted octanol–water partition coefficient (Wildman–Crippen LogP) is 2.56. The van der Waals surface area contributed by atoms with Gasteiger partial charge in [-0.3, -0.25) is 4.79 Å². The van der Waals surface area contributed by atoms with Gasteiger partial charge in [0, 0.05) is 24.5 Å². The third-order valence-corrected chi connectivity index (χ3v) is 3.71. The maximum Gasteiger partial charge on any atom is 0.263 e. The summed E-state index contributed by atoms with van der Waals surface area (Å²) in [6.45, 7) is 0.468. The zero-order valence-corrected chi connectivity index (χ0v) is 14.1. The van der Waals surface area contributed by atoms with E-state index in [4.69, 9.17) is 14.2 Å². The lowest BCUT2D eigenvalue weighted by molar-refractivity contribution is -0.117. The van der Waals surface area contributed by atoms with E-state index < -0.39 is 5.91 Å². The first-order chi connectivity index (χ1) is 12.7. The van der Waals surface area contributed by atoms with Crippen molar-refractivity contribution in [3.63, 3.8) is 0 Å². The van der Waals surface area contributed by atoms with Gasteiger partial charge in [-0.2, -0.15) is 5.26 Å². The number of carbonyl (C=O) groups is 1. The molecule has 0 saturated heterocycles. The molecular weight excluding hydrogens is 334 g/mol. The molecule has 0 unspecified atom stereocenters. The molecule has 2 aromatic carbocycles. The van der Waals surface area contributed by atoms with Crippen molar-refractivity contribution in [3.05, 3.63) is 59.8 Å². The van der Waals surface area contributed by atoms with Crippen LogP contribution in [-0.4, -0.2) is 19.8 Å². The van der Waals surface area contributed by atoms with Crippen molar-refractivity contribution in [2.45, 2.75) is 6.54 Å². The van der Waals surface area contributed by atoms with Crippen LogP contribution in [0.15, 0.2) is 54.2 Å². The molecule has 2 aromatic rings. The largest absolute Gasteiger partial charge is 0.497 e. The van der Waals surface area contributed by atoms with Gasteiger partial charge in [-0.1, -0.05) is 12.1 Å². The molecule has 0 spiro atoms. The van der Waals surface area contributed by atoms with Crippen LogP contribution in [0.5, 0.6) is 17.2 Å². The number of fused-ring (bicyclic) bond motifs is 1. The molecule has 0 aromatic heterocycles. The number of nitrogens with zero attached hydrogens (tertiary/aromatic N) is 1. The number of anilines is 1. The van der Waals surface area contributed by atoms with E-state index in [9.17, 15) is 10.1 Å². The Bertz CT molecular complexity index is 887. The minimum absolute atomic E-state index is 0.0337. The summed E-state index contributed by atoms with van der Waals surface area (Å²) in [6, 6.07) is 14.5. The average molecular weight is 351 g/mol. The van der Waals surface area contributed by atoms with Crippen molar-refractivity contribution in [3.8, 4) is 23.3 Å². The number of carbonyl (C=O) groups excluding carboxylic acids is 1. The molecule has 1 aliphatic heterocycles. The van der Waals surface area contributed by atoms with Gasteiger partial charge in [0.2, 0.25) is 6.79 Å². The van der Waals surface area contributed by atoms with Crippen LogP contribution < -0.4 is 24.8 Å². The number of nitriles is 1. The van der Waals surface area contributed by atoms with Crippen LogP contribution in [0.4, 0.5) is 5.69 Å². The highest BCUT2D eigenvalue weighted by molar-refractivity contribution is 5.97. The van der Waals surface area contributed by atoms with Crippen molar-refractivity contribution in [2.75, 3.05) is 19.2 Å². The number of amides is 1. The number of hydrogen-bond donors (Lipinski definition) is 2. The second-order valence-corrected chi connectivity index (χ2v) is 5.42. The lowest BCUT2D eigenvalue weighted by Gasteiger charge is -2.07. The van der Waals surface area contributed by atoms with Gasteiger partial charge in [0.15, 0.2) is 11.5 Å². The van der Waals surface area contributed by atoms with Crippen LogP contribution in [0.3, 0.4) is 0 Å². The molecular formula is C19H17N3O4. The fourth-order valence-electron chi connectivity index (χ4n) is 2.35. The molecule has 7 nitrogen and oxygen atoms in total. The van der Waals surface area contributed by atoms with Gasteiger partial charge >= 0.3 is 0 Å². The van der Waals surface area contributed by atoms with Crippen LogP contribution in [0.25, 0.3) is 0 Å². The lowest BCUT2D eigenvalue weighted by atomic mass is 10.2. The highest BCUT2D eigenvalue weighted by Crippen LogP contribution is 2.32. The Balaban J connectivity index is 1.60. The predicted molar refractivity (Wildman–Crippen MR) is 94.7 cm³/mol. The molecule has 1 heterocycles. The van der Waals surface area contributed by atoms with Crippen LogP contribution in [0.1, 0.15) is 5.56 Å². The monoisotopic (exact) mass is 351 g/mol. The molecule has 0 radical (unpaired) electrons. The highest BCUT2D eigenvalue weighted by atomic mass is 16.7. The molecule has 0 aliphatic carbocycles. The molecule has 0 bridgehead atoms. The van der Waals surface area contributed by atoms with Crippen molar-refractivity contribution >= 4 is 11.6 Å². The van der Waals surface area contributed by atoms with E-state index in [1.165, 1.54) is 6.20 Å². The molecule has 1 amide bonds. The fraction of sp³-hybridized carbons (Fsp3) is 0.158. The molecule has 2 N–H and O–H groups in total. The first kappa shape index (κ1) is 17.2. The van der Waals surface area contributed by atoms with E-state index >= 15 is 0 Å². The number of nitrogens with one attached hydrogen (secondary N) is 2. The van der Waals surface area contributed by atoms with E-state index in [0.29, 0.717) is 22.9 Å². The van der Waals surface area contributed by atoms with E-state index in [-0.39, 0.29) is 18.9 Å². The summed E-state index contributed by atoms with van der Waals surface area (Å²) in [7, 11) is 1.57. The SMILES string of the molecule is COc1cccc(N/C=C(/C#N)C(=O)NCc2ccc3c(c2)OCO3)c1. The molecule has 26 heavy (non-hydrogen) atoms. The summed E-state index contributed by atoms with van der Waals surface area (Å²) in [5, 5.41) is 14.8. The molecule has 0 saturated carbocycles. The maximum absolute atomic E-state index is 12.2. The number of rotatable bonds is 6. The maximum atomic E-state index is 12.2. The van der Waals surface area contributed by atoms with Crippen molar-refractivity contribution in [2.24, 2.45) is 0 Å². The smallest absolute Gasteiger partial charge is 0.263 e. The zero-order chi connectivity index (χ0) is 18.4. The normalized spacial score (nSPS) is 12.2. The number of hydrogen-bond acceptors (Lipinski definition) is 6. The van der Waals surface area contributed by atoms with Crippen molar-refractivity contribution in [1.82, 2.24) is 5.32 Å². The van der Waals surface area contributed by atoms with Crippen LogP contribution >= 0.6 is 0 Å². The molecule has 1 aliphatic rings. The standard InChI is InChI=1S/C19H17N3O4/c1-24-16-4-2-3-15(8-16)21-11-14(9-20)19(23)22-10-13-5-6-17-18(7-13)26-12-25-17/h2-8,11,21H,10,12H2,1H3,(H,22,23)/b14-11-. The number of methoxy groups -OCH3 is 1. The topological polar surface area (TPSA) is 92.6 Å². The van der Waals surface area contributed by atoms with E-state index in [0.717, 1.165) is 5.56 Å². The second kappa shape index (κ2) is 7.94. The first-order valence-electron chi connectivity index (χ1n) is 7.87. The van der Waals surface area contributed by atoms with Crippen LogP contribution in [0.2, 0.25) is 0 Å². The Labute approximate surface area is 150 Å². The third-order valence-electron chi connectivity index (χ3n) is 3.71. The van der Waals surface area contributed by atoms with Gasteiger partial charge in [-0.15, -0.1) is 0 Å². The average Bonchev–Trinajstić information content (AvgIpc) is 3.14. The molecule has 132 valence electrons. The van der Waals surface area contributed by atoms with Gasteiger partial charge < -0.3 is 24.8 Å². The van der Waals surface area contributed by atoms with Gasteiger partial charge in [0.1, 0.15) is 17.4 Å². The summed E-state index contributed by atoms with van der Waals surface area (Å²) < 4.78 is 15.7. The Hall–Kier alpha value is -3.66. The van der Waals surface area contributed by atoms with Crippen molar-refractivity contribution in [1.29, 1.82) is 5.26 Å². The minimum atomic E-state index is -0.472. The van der Waals surface area contributed by atoms with Gasteiger partial charge in [0.25, 0.3) is 5.91 Å². The summed E-state index contributed by atoms with van der Waals surface area (Å²) >= 11 is 0. The highest BCUT2D eigenvalue weighted by Gasteiger charge is 2.14. The quantitative estimate of drug-likeness (QED) is 0.614. The first-order valence-corrected chi connectivity index (χ1v) is 7.87. The second-order valence-electron chi connectivity index (χ2n) is 5.42. The van der Waals surface area contributed by atoms with Gasteiger partial charge in [0.05, 0.1) is 7.11 Å². The van der Waals surface area contributed by atoms with E-state index in [1.54, 1.807) is 43.5 Å². The van der Waals surface area contributed by atoms with E-state index in [2.05, 4.69) is 10.6 Å². The summed E-state index contributed by atoms with van der Waals surface area (Å²) in [5.74, 6) is 1.53. The Morgan fingerprint density at radius 3 is 2.92 bits per heavy atom.